The summed E-state index contributed by atoms with van der Waals surface area (Å²) >= 11 is 0. The summed E-state index contributed by atoms with van der Waals surface area (Å²) in [4.78, 5) is 14.5. The van der Waals surface area contributed by atoms with Crippen LogP contribution >= 0.6 is 0 Å². The van der Waals surface area contributed by atoms with Crippen LogP contribution in [0.2, 0.25) is 0 Å². The van der Waals surface area contributed by atoms with E-state index in [4.69, 9.17) is 0 Å². The quantitative estimate of drug-likeness (QED) is 0.745. The Labute approximate surface area is 128 Å². The van der Waals surface area contributed by atoms with Crippen molar-refractivity contribution >= 4 is 5.91 Å². The Morgan fingerprint density at radius 1 is 1.29 bits per heavy atom. The monoisotopic (exact) mass is 288 g/mol. The number of nitrogens with one attached hydrogen (secondary N) is 1. The van der Waals surface area contributed by atoms with Crippen LogP contribution in [0.15, 0.2) is 24.3 Å². The lowest BCUT2D eigenvalue weighted by Crippen LogP contribution is -2.33. The molecule has 0 aromatic heterocycles. The van der Waals surface area contributed by atoms with Crippen molar-refractivity contribution in [1.82, 2.24) is 10.2 Å². The van der Waals surface area contributed by atoms with Crippen LogP contribution in [0.4, 0.5) is 0 Å². The van der Waals surface area contributed by atoms with Crippen molar-refractivity contribution in [1.29, 1.82) is 0 Å². The van der Waals surface area contributed by atoms with Gasteiger partial charge in [-0.25, -0.2) is 0 Å². The molecular weight excluding hydrogens is 260 g/mol. The number of hydrogen-bond donors (Lipinski definition) is 1. The van der Waals surface area contributed by atoms with Crippen LogP contribution in [-0.2, 0) is 11.3 Å². The van der Waals surface area contributed by atoms with E-state index in [-0.39, 0.29) is 0 Å². The van der Waals surface area contributed by atoms with Gasteiger partial charge in [0.1, 0.15) is 0 Å². The zero-order valence-corrected chi connectivity index (χ0v) is 13.6. The molecule has 1 aliphatic rings. The Morgan fingerprint density at radius 2 is 1.95 bits per heavy atom. The second kappa shape index (κ2) is 7.60. The third-order valence-electron chi connectivity index (χ3n) is 3.90. The fraction of sp³-hybridized carbons (Fsp3) is 0.611. The molecule has 0 heterocycles. The van der Waals surface area contributed by atoms with E-state index in [0.29, 0.717) is 24.4 Å². The second-order valence-corrected chi connectivity index (χ2v) is 6.45. The van der Waals surface area contributed by atoms with E-state index >= 15 is 0 Å². The summed E-state index contributed by atoms with van der Waals surface area (Å²) in [6, 6.07) is 9.50. The van der Waals surface area contributed by atoms with Gasteiger partial charge in [-0.1, -0.05) is 43.7 Å². The summed E-state index contributed by atoms with van der Waals surface area (Å²) in [6.45, 7) is 8.05. The first-order chi connectivity index (χ1) is 10.1. The lowest BCUT2D eigenvalue weighted by molar-refractivity contribution is -0.132. The zero-order chi connectivity index (χ0) is 15.2. The molecule has 0 bridgehead atoms. The molecule has 1 aliphatic carbocycles. The maximum Gasteiger partial charge on any atom is 0.223 e. The van der Waals surface area contributed by atoms with Gasteiger partial charge in [0.2, 0.25) is 5.91 Å². The third-order valence-corrected chi connectivity index (χ3v) is 3.90. The fourth-order valence-corrected chi connectivity index (χ4v) is 2.47. The van der Waals surface area contributed by atoms with E-state index in [1.165, 1.54) is 24.0 Å². The summed E-state index contributed by atoms with van der Waals surface area (Å²) in [6.07, 6.45) is 3.92. The topological polar surface area (TPSA) is 32.3 Å². The van der Waals surface area contributed by atoms with Gasteiger partial charge in [0.25, 0.3) is 0 Å². The van der Waals surface area contributed by atoms with Crippen LogP contribution in [0.1, 0.15) is 50.7 Å². The van der Waals surface area contributed by atoms with E-state index in [1.807, 2.05) is 0 Å². The highest BCUT2D eigenvalue weighted by molar-refractivity contribution is 5.76. The van der Waals surface area contributed by atoms with Crippen molar-refractivity contribution in [3.8, 4) is 0 Å². The molecule has 1 amide bonds. The molecule has 1 saturated carbocycles. The molecule has 3 nitrogen and oxygen atoms in total. The Bertz CT molecular complexity index is 449. The summed E-state index contributed by atoms with van der Waals surface area (Å²) in [5.41, 5.74) is 2.50. The predicted molar refractivity (Wildman–Crippen MR) is 87.1 cm³/mol. The Morgan fingerprint density at radius 3 is 2.52 bits per heavy atom. The SMILES string of the molecule is Cc1ccc(CN(C(=O)CCCNC(C)C)C2CC2)cc1. The molecule has 0 spiro atoms. The fourth-order valence-electron chi connectivity index (χ4n) is 2.47. The summed E-state index contributed by atoms with van der Waals surface area (Å²) < 4.78 is 0. The van der Waals surface area contributed by atoms with E-state index < -0.39 is 0 Å². The summed E-state index contributed by atoms with van der Waals surface area (Å²) in [5.74, 6) is 0.309. The minimum absolute atomic E-state index is 0.309. The van der Waals surface area contributed by atoms with E-state index in [9.17, 15) is 4.79 Å². The van der Waals surface area contributed by atoms with Crippen LogP contribution in [0.25, 0.3) is 0 Å². The van der Waals surface area contributed by atoms with Gasteiger partial charge in [0.05, 0.1) is 0 Å². The smallest absolute Gasteiger partial charge is 0.223 e. The molecule has 0 radical (unpaired) electrons. The molecule has 21 heavy (non-hydrogen) atoms. The van der Waals surface area contributed by atoms with Crippen LogP contribution in [0.3, 0.4) is 0 Å². The minimum Gasteiger partial charge on any atom is -0.335 e. The highest BCUT2D eigenvalue weighted by Crippen LogP contribution is 2.29. The van der Waals surface area contributed by atoms with Crippen molar-refractivity contribution in [2.75, 3.05) is 6.54 Å². The second-order valence-electron chi connectivity index (χ2n) is 6.45. The number of nitrogens with zero attached hydrogens (tertiary/aromatic N) is 1. The summed E-state index contributed by atoms with van der Waals surface area (Å²) in [5, 5.41) is 3.37. The van der Waals surface area contributed by atoms with Crippen molar-refractivity contribution in [3.63, 3.8) is 0 Å². The molecule has 1 fully saturated rings. The van der Waals surface area contributed by atoms with Gasteiger partial charge in [0.15, 0.2) is 0 Å². The molecule has 2 rings (SSSR count). The largest absolute Gasteiger partial charge is 0.335 e. The molecule has 0 unspecified atom stereocenters. The maximum absolute atomic E-state index is 12.4. The van der Waals surface area contributed by atoms with Crippen molar-refractivity contribution < 1.29 is 4.79 Å². The molecule has 116 valence electrons. The van der Waals surface area contributed by atoms with Gasteiger partial charge in [-0.3, -0.25) is 4.79 Å². The number of rotatable bonds is 8. The Hall–Kier alpha value is -1.35. The van der Waals surface area contributed by atoms with Crippen LogP contribution in [0.5, 0.6) is 0 Å². The highest BCUT2D eigenvalue weighted by atomic mass is 16.2. The molecule has 0 atom stereocenters. The molecule has 1 N–H and O–H groups in total. The van der Waals surface area contributed by atoms with E-state index in [1.54, 1.807) is 0 Å². The number of aryl methyl sites for hydroxylation is 1. The van der Waals surface area contributed by atoms with Crippen molar-refractivity contribution in [2.24, 2.45) is 0 Å². The average Bonchev–Trinajstić information content (AvgIpc) is 3.27. The Balaban J connectivity index is 1.83. The van der Waals surface area contributed by atoms with Crippen LogP contribution < -0.4 is 5.32 Å². The predicted octanol–water partition coefficient (Wildman–Crippen LogP) is 3.26. The van der Waals surface area contributed by atoms with Gasteiger partial charge in [-0.15, -0.1) is 0 Å². The number of hydrogen-bond acceptors (Lipinski definition) is 2. The van der Waals surface area contributed by atoms with E-state index in [2.05, 4.69) is 55.3 Å². The molecule has 0 aliphatic heterocycles. The minimum atomic E-state index is 0.309. The lowest BCUT2D eigenvalue weighted by atomic mass is 10.1. The standard InChI is InChI=1S/C18H28N2O/c1-14(2)19-12-4-5-18(21)20(17-10-11-17)13-16-8-6-15(3)7-9-16/h6-9,14,17,19H,4-5,10-13H2,1-3H3. The van der Waals surface area contributed by atoms with Gasteiger partial charge in [-0.2, -0.15) is 0 Å². The Kier molecular flexibility index (Phi) is 5.80. The molecule has 0 saturated heterocycles. The van der Waals surface area contributed by atoms with Gasteiger partial charge >= 0.3 is 0 Å². The van der Waals surface area contributed by atoms with Crippen LogP contribution in [0, 0.1) is 6.92 Å². The first-order valence-corrected chi connectivity index (χ1v) is 8.14. The van der Waals surface area contributed by atoms with Crippen molar-refractivity contribution in [2.45, 2.75) is 65.1 Å². The molecular formula is C18H28N2O. The zero-order valence-electron chi connectivity index (χ0n) is 13.6. The first kappa shape index (κ1) is 16.0. The normalized spacial score (nSPS) is 14.5. The first-order valence-electron chi connectivity index (χ1n) is 8.14. The third kappa shape index (κ3) is 5.50. The van der Waals surface area contributed by atoms with Gasteiger partial charge < -0.3 is 10.2 Å². The number of carbonyl (C=O) groups excluding carboxylic acids is 1. The average molecular weight is 288 g/mol. The maximum atomic E-state index is 12.4. The number of carbonyl (C=O) groups is 1. The van der Waals surface area contributed by atoms with Crippen molar-refractivity contribution in [3.05, 3.63) is 35.4 Å². The van der Waals surface area contributed by atoms with Crippen LogP contribution in [-0.4, -0.2) is 29.4 Å². The highest BCUT2D eigenvalue weighted by Gasteiger charge is 2.32. The number of amides is 1. The summed E-state index contributed by atoms with van der Waals surface area (Å²) in [7, 11) is 0. The molecule has 1 aromatic carbocycles. The lowest BCUT2D eigenvalue weighted by Gasteiger charge is -2.23. The number of benzene rings is 1. The van der Waals surface area contributed by atoms with Gasteiger partial charge in [-0.05, 0) is 38.3 Å². The van der Waals surface area contributed by atoms with Gasteiger partial charge in [0, 0.05) is 25.0 Å². The van der Waals surface area contributed by atoms with E-state index in [0.717, 1.165) is 19.5 Å². The molecule has 1 aromatic rings. The molecule has 3 heteroatoms.